The molecule has 0 aliphatic rings. The van der Waals surface area contributed by atoms with Gasteiger partial charge in [-0.2, -0.15) is 0 Å². The molecule has 88 valence electrons. The standard InChI is InChI=1S/C9H16FNO4/c10-5-6(8(12)13)3-1-2-4-7(11)9(14)15/h6-7H,1-5,11H2,(H,12,13)(H,14,15)/i10-1. The van der Waals surface area contributed by atoms with Crippen LogP contribution in [-0.4, -0.2) is 34.9 Å². The first-order chi connectivity index (χ1) is 6.99. The van der Waals surface area contributed by atoms with Crippen LogP contribution in [0.3, 0.4) is 0 Å². The largest absolute Gasteiger partial charge is 0.481 e. The number of hydrogen-bond donors (Lipinski definition) is 3. The highest BCUT2D eigenvalue weighted by molar-refractivity contribution is 5.73. The molecule has 5 nitrogen and oxygen atoms in total. The Morgan fingerprint density at radius 2 is 1.67 bits per heavy atom. The van der Waals surface area contributed by atoms with Gasteiger partial charge in [-0.05, 0) is 12.8 Å². The number of carbonyl (C=O) groups is 2. The van der Waals surface area contributed by atoms with E-state index in [1.54, 1.807) is 0 Å². The first-order valence-electron chi connectivity index (χ1n) is 4.76. The summed E-state index contributed by atoms with van der Waals surface area (Å²) >= 11 is 0. The summed E-state index contributed by atoms with van der Waals surface area (Å²) < 4.78 is 12.1. The van der Waals surface area contributed by atoms with Crippen LogP contribution in [0, 0.1) is 5.92 Å². The van der Waals surface area contributed by atoms with Crippen LogP contribution in [0.15, 0.2) is 0 Å². The monoisotopic (exact) mass is 220 g/mol. The van der Waals surface area contributed by atoms with E-state index < -0.39 is 30.6 Å². The Morgan fingerprint density at radius 3 is 2.07 bits per heavy atom. The molecular weight excluding hydrogens is 204 g/mol. The van der Waals surface area contributed by atoms with Crippen LogP contribution in [0.4, 0.5) is 4.39 Å². The highest BCUT2D eigenvalue weighted by Crippen LogP contribution is 2.11. The highest BCUT2D eigenvalue weighted by Gasteiger charge is 2.17. The van der Waals surface area contributed by atoms with E-state index >= 15 is 0 Å². The van der Waals surface area contributed by atoms with Gasteiger partial charge in [-0.25, -0.2) is 0 Å². The van der Waals surface area contributed by atoms with Crippen molar-refractivity contribution in [2.45, 2.75) is 31.7 Å². The first-order valence-corrected chi connectivity index (χ1v) is 4.76. The van der Waals surface area contributed by atoms with E-state index in [-0.39, 0.29) is 12.8 Å². The van der Waals surface area contributed by atoms with Crippen molar-refractivity contribution < 1.29 is 24.2 Å². The van der Waals surface area contributed by atoms with Crippen LogP contribution >= 0.6 is 0 Å². The van der Waals surface area contributed by atoms with Crippen molar-refractivity contribution in [1.82, 2.24) is 0 Å². The third-order valence-electron chi connectivity index (χ3n) is 2.17. The van der Waals surface area contributed by atoms with E-state index in [9.17, 15) is 14.0 Å². The van der Waals surface area contributed by atoms with Gasteiger partial charge in [0.05, 0.1) is 5.92 Å². The molecule has 0 amide bonds. The fourth-order valence-corrected chi connectivity index (χ4v) is 1.15. The van der Waals surface area contributed by atoms with Crippen molar-refractivity contribution in [2.24, 2.45) is 11.7 Å². The molecule has 0 heterocycles. The van der Waals surface area contributed by atoms with Gasteiger partial charge in [0.2, 0.25) is 0 Å². The number of hydrogen-bond acceptors (Lipinski definition) is 3. The molecule has 0 aromatic carbocycles. The van der Waals surface area contributed by atoms with E-state index in [1.807, 2.05) is 0 Å². The summed E-state index contributed by atoms with van der Waals surface area (Å²) in [6.07, 6.45) is 1.48. The predicted molar refractivity (Wildman–Crippen MR) is 51.2 cm³/mol. The van der Waals surface area contributed by atoms with Crippen LogP contribution in [0.2, 0.25) is 0 Å². The lowest BCUT2D eigenvalue weighted by Crippen LogP contribution is -2.29. The lowest BCUT2D eigenvalue weighted by Gasteiger charge is -2.08. The Balaban J connectivity index is 3.61. The molecule has 0 bridgehead atoms. The Kier molecular flexibility index (Phi) is 6.61. The summed E-state index contributed by atoms with van der Waals surface area (Å²) in [4.78, 5) is 20.7. The van der Waals surface area contributed by atoms with Crippen molar-refractivity contribution in [1.29, 1.82) is 0 Å². The van der Waals surface area contributed by atoms with Crippen LogP contribution in [0.1, 0.15) is 25.7 Å². The number of rotatable bonds is 8. The average molecular weight is 220 g/mol. The van der Waals surface area contributed by atoms with Crippen molar-refractivity contribution in [2.75, 3.05) is 6.67 Å². The Bertz CT molecular complexity index is 222. The van der Waals surface area contributed by atoms with Gasteiger partial charge in [-0.3, -0.25) is 14.0 Å². The van der Waals surface area contributed by atoms with E-state index in [2.05, 4.69) is 0 Å². The molecule has 0 saturated heterocycles. The van der Waals surface area contributed by atoms with Crippen molar-refractivity contribution >= 4 is 11.9 Å². The lowest BCUT2D eigenvalue weighted by molar-refractivity contribution is -0.143. The molecule has 15 heavy (non-hydrogen) atoms. The maximum absolute atomic E-state index is 12.1. The SMILES string of the molecule is NC(CCCCC(C[18F])C(=O)O)C(=O)O. The molecule has 0 aromatic rings. The Labute approximate surface area is 87.1 Å². The zero-order valence-corrected chi connectivity index (χ0v) is 8.36. The summed E-state index contributed by atoms with van der Waals surface area (Å²) in [6, 6.07) is -0.918. The summed E-state index contributed by atoms with van der Waals surface area (Å²) in [7, 11) is 0. The number of aliphatic carboxylic acids is 2. The van der Waals surface area contributed by atoms with Gasteiger partial charge in [0.1, 0.15) is 12.7 Å². The van der Waals surface area contributed by atoms with Gasteiger partial charge in [0.25, 0.3) is 0 Å². The number of nitrogens with two attached hydrogens (primary N) is 1. The fraction of sp³-hybridized carbons (Fsp3) is 0.778. The van der Waals surface area contributed by atoms with Gasteiger partial charge in [-0.15, -0.1) is 0 Å². The molecule has 0 saturated carbocycles. The summed E-state index contributed by atoms with van der Waals surface area (Å²) in [5.74, 6) is -3.21. The molecule has 0 radical (unpaired) electrons. The zero-order chi connectivity index (χ0) is 11.8. The van der Waals surface area contributed by atoms with Gasteiger partial charge >= 0.3 is 11.9 Å². The number of unbranched alkanes of at least 4 members (excludes halogenated alkanes) is 1. The molecule has 0 rings (SSSR count). The predicted octanol–water partition coefficient (Wildman–Crippen LogP) is 0.629. The first kappa shape index (κ1) is 13.8. The number of carboxylic acid groups (broad SMARTS) is 2. The van der Waals surface area contributed by atoms with Crippen LogP contribution in [-0.2, 0) is 9.59 Å². The smallest absolute Gasteiger partial charge is 0.320 e. The van der Waals surface area contributed by atoms with Crippen LogP contribution < -0.4 is 5.73 Å². The van der Waals surface area contributed by atoms with Crippen molar-refractivity contribution in [3.8, 4) is 0 Å². The maximum Gasteiger partial charge on any atom is 0.320 e. The highest BCUT2D eigenvalue weighted by atomic mass is 18.2. The topological polar surface area (TPSA) is 101 Å². The van der Waals surface area contributed by atoms with E-state index in [1.165, 1.54) is 0 Å². The van der Waals surface area contributed by atoms with E-state index in [4.69, 9.17) is 15.9 Å². The minimum Gasteiger partial charge on any atom is -0.481 e. The molecule has 2 atom stereocenters. The number of halogens is 1. The molecule has 0 aliphatic carbocycles. The molecule has 0 fully saturated rings. The van der Waals surface area contributed by atoms with Crippen LogP contribution in [0.5, 0.6) is 0 Å². The molecule has 0 aromatic heterocycles. The average Bonchev–Trinajstić information content (AvgIpc) is 2.16. The fourth-order valence-electron chi connectivity index (χ4n) is 1.15. The molecule has 6 heteroatoms. The number of alkyl halides is 1. The lowest BCUT2D eigenvalue weighted by atomic mass is 10.0. The summed E-state index contributed by atoms with van der Waals surface area (Å²) in [6.45, 7) is -0.889. The molecule has 4 N–H and O–H groups in total. The van der Waals surface area contributed by atoms with E-state index in [0.29, 0.717) is 12.8 Å². The Hall–Kier alpha value is -1.17. The van der Waals surface area contributed by atoms with Crippen molar-refractivity contribution in [3.05, 3.63) is 0 Å². The molecular formula is C9H16FNO4. The quantitative estimate of drug-likeness (QED) is 0.521. The van der Waals surface area contributed by atoms with Crippen molar-refractivity contribution in [3.63, 3.8) is 0 Å². The normalized spacial score (nSPS) is 14.5. The molecule has 0 aliphatic heterocycles. The molecule has 0 spiro atoms. The van der Waals surface area contributed by atoms with Crippen LogP contribution in [0.25, 0.3) is 0 Å². The second-order valence-electron chi connectivity index (χ2n) is 3.42. The summed E-state index contributed by atoms with van der Waals surface area (Å²) in [5, 5.41) is 17.0. The van der Waals surface area contributed by atoms with Gasteiger partial charge in [0, 0.05) is 0 Å². The van der Waals surface area contributed by atoms with Gasteiger partial charge in [-0.1, -0.05) is 12.8 Å². The van der Waals surface area contributed by atoms with Gasteiger partial charge < -0.3 is 15.9 Å². The zero-order valence-electron chi connectivity index (χ0n) is 8.36. The van der Waals surface area contributed by atoms with E-state index in [0.717, 1.165) is 0 Å². The minimum absolute atomic E-state index is 0.220. The third-order valence-corrected chi connectivity index (χ3v) is 2.17. The third kappa shape index (κ3) is 6.01. The minimum atomic E-state index is -1.15. The maximum atomic E-state index is 12.1. The summed E-state index contributed by atoms with van der Waals surface area (Å²) in [5.41, 5.74) is 5.24. The second-order valence-corrected chi connectivity index (χ2v) is 3.42. The number of carboxylic acids is 2. The molecule has 2 unspecified atom stereocenters. The second kappa shape index (κ2) is 7.17. The Morgan fingerprint density at radius 1 is 1.13 bits per heavy atom. The van der Waals surface area contributed by atoms with Gasteiger partial charge in [0.15, 0.2) is 0 Å².